The maximum absolute atomic E-state index is 11.9. The van der Waals surface area contributed by atoms with Crippen molar-refractivity contribution in [2.24, 2.45) is 0 Å². The summed E-state index contributed by atoms with van der Waals surface area (Å²) in [6.07, 6.45) is -4.62. The van der Waals surface area contributed by atoms with Gasteiger partial charge in [-0.15, -0.1) is 0 Å². The van der Waals surface area contributed by atoms with E-state index in [2.05, 4.69) is 0 Å². The molecule has 0 saturated heterocycles. The van der Waals surface area contributed by atoms with Crippen LogP contribution in [0.25, 0.3) is 0 Å². The van der Waals surface area contributed by atoms with Crippen LogP contribution in [-0.4, -0.2) is 46.3 Å². The lowest BCUT2D eigenvalue weighted by Gasteiger charge is -2.17. The van der Waals surface area contributed by atoms with E-state index in [4.69, 9.17) is 10.2 Å². The SMILES string of the molecule is O=C(O)C1=C(O)C(=O)N(CC(F)(F)F)C1. The average Bonchev–Trinajstić information content (AvgIpc) is 2.30. The van der Waals surface area contributed by atoms with Crippen molar-refractivity contribution >= 4 is 11.9 Å². The minimum absolute atomic E-state index is 0.221. The molecule has 5 nitrogen and oxygen atoms in total. The molecule has 0 aromatic rings. The first-order chi connectivity index (χ1) is 6.72. The fourth-order valence-electron chi connectivity index (χ4n) is 1.13. The van der Waals surface area contributed by atoms with Crippen LogP contribution >= 0.6 is 0 Å². The van der Waals surface area contributed by atoms with E-state index in [-0.39, 0.29) is 4.90 Å². The number of hydrogen-bond acceptors (Lipinski definition) is 3. The Morgan fingerprint density at radius 1 is 1.47 bits per heavy atom. The Balaban J connectivity index is 2.80. The van der Waals surface area contributed by atoms with Crippen LogP contribution < -0.4 is 0 Å². The predicted molar refractivity (Wildman–Crippen MR) is 39.9 cm³/mol. The molecule has 1 amide bonds. The number of nitrogens with zero attached hydrogens (tertiary/aromatic N) is 1. The van der Waals surface area contributed by atoms with Crippen LogP contribution in [0.15, 0.2) is 11.3 Å². The lowest BCUT2D eigenvalue weighted by Crippen LogP contribution is -2.36. The first kappa shape index (κ1) is 11.3. The summed E-state index contributed by atoms with van der Waals surface area (Å²) in [6, 6.07) is 0. The molecule has 15 heavy (non-hydrogen) atoms. The van der Waals surface area contributed by atoms with Gasteiger partial charge in [0.15, 0.2) is 5.76 Å². The summed E-state index contributed by atoms with van der Waals surface area (Å²) in [6.45, 7) is -2.31. The summed E-state index contributed by atoms with van der Waals surface area (Å²) in [4.78, 5) is 21.6. The number of carboxylic acid groups (broad SMARTS) is 1. The van der Waals surface area contributed by atoms with Gasteiger partial charge in [-0.3, -0.25) is 4.79 Å². The van der Waals surface area contributed by atoms with Gasteiger partial charge < -0.3 is 15.1 Å². The van der Waals surface area contributed by atoms with Crippen LogP contribution in [0, 0.1) is 0 Å². The molecule has 0 saturated carbocycles. The molecule has 1 heterocycles. The number of carbonyl (C=O) groups excluding carboxylic acids is 1. The monoisotopic (exact) mass is 225 g/mol. The minimum Gasteiger partial charge on any atom is -0.503 e. The number of carbonyl (C=O) groups is 2. The number of aliphatic hydroxyl groups excluding tert-OH is 1. The molecule has 0 fully saturated rings. The van der Waals surface area contributed by atoms with E-state index in [0.29, 0.717) is 0 Å². The largest absolute Gasteiger partial charge is 0.503 e. The van der Waals surface area contributed by atoms with Crippen molar-refractivity contribution in [3.63, 3.8) is 0 Å². The van der Waals surface area contributed by atoms with Gasteiger partial charge in [0, 0.05) is 0 Å². The maximum atomic E-state index is 11.9. The van der Waals surface area contributed by atoms with E-state index < -0.39 is 42.5 Å². The summed E-state index contributed by atoms with van der Waals surface area (Å²) in [5, 5.41) is 17.4. The fourth-order valence-corrected chi connectivity index (χ4v) is 1.13. The van der Waals surface area contributed by atoms with Crippen LogP contribution in [0.3, 0.4) is 0 Å². The molecule has 8 heteroatoms. The van der Waals surface area contributed by atoms with Gasteiger partial charge in [-0.05, 0) is 0 Å². The van der Waals surface area contributed by atoms with Gasteiger partial charge in [0.05, 0.1) is 6.54 Å². The third-order valence-electron chi connectivity index (χ3n) is 1.75. The molecular weight excluding hydrogens is 219 g/mol. The number of aliphatic carboxylic acids is 1. The van der Waals surface area contributed by atoms with E-state index in [1.807, 2.05) is 0 Å². The topological polar surface area (TPSA) is 77.8 Å². The predicted octanol–water partition coefficient (Wildman–Crippen LogP) is 0.288. The van der Waals surface area contributed by atoms with Gasteiger partial charge in [-0.2, -0.15) is 13.2 Å². The third kappa shape index (κ3) is 2.39. The summed E-state index contributed by atoms with van der Waals surface area (Å²) >= 11 is 0. The van der Waals surface area contributed by atoms with Crippen molar-refractivity contribution in [3.8, 4) is 0 Å². The molecule has 0 atom stereocenters. The summed E-state index contributed by atoms with van der Waals surface area (Å²) < 4.78 is 35.7. The van der Waals surface area contributed by atoms with Crippen molar-refractivity contribution in [2.75, 3.05) is 13.1 Å². The van der Waals surface area contributed by atoms with Crippen LogP contribution in [-0.2, 0) is 9.59 Å². The number of alkyl halides is 3. The Labute approximate surface area is 81.4 Å². The molecule has 2 N–H and O–H groups in total. The Hall–Kier alpha value is -1.73. The highest BCUT2D eigenvalue weighted by Gasteiger charge is 2.40. The summed E-state index contributed by atoms with van der Waals surface area (Å²) in [5.74, 6) is -4.05. The van der Waals surface area contributed by atoms with Crippen molar-refractivity contribution in [3.05, 3.63) is 11.3 Å². The number of hydrogen-bond donors (Lipinski definition) is 2. The van der Waals surface area contributed by atoms with E-state index in [0.717, 1.165) is 0 Å². The van der Waals surface area contributed by atoms with Gasteiger partial charge >= 0.3 is 12.1 Å². The Bertz CT molecular complexity index is 347. The molecule has 0 radical (unpaired) electrons. The van der Waals surface area contributed by atoms with E-state index in [9.17, 15) is 22.8 Å². The molecule has 0 unspecified atom stereocenters. The molecule has 0 aromatic carbocycles. The second-order valence-electron chi connectivity index (χ2n) is 2.91. The zero-order chi connectivity index (χ0) is 11.8. The second-order valence-corrected chi connectivity index (χ2v) is 2.91. The van der Waals surface area contributed by atoms with Crippen LogP contribution in [0.4, 0.5) is 13.2 Å². The van der Waals surface area contributed by atoms with E-state index >= 15 is 0 Å². The first-order valence-electron chi connectivity index (χ1n) is 3.74. The average molecular weight is 225 g/mol. The molecule has 0 spiro atoms. The maximum Gasteiger partial charge on any atom is 0.406 e. The Morgan fingerprint density at radius 2 is 2.00 bits per heavy atom. The van der Waals surface area contributed by atoms with Gasteiger partial charge in [0.25, 0.3) is 5.91 Å². The highest BCUT2D eigenvalue weighted by Crippen LogP contribution is 2.23. The van der Waals surface area contributed by atoms with E-state index in [1.165, 1.54) is 0 Å². The quantitative estimate of drug-likeness (QED) is 0.707. The first-order valence-corrected chi connectivity index (χ1v) is 3.74. The lowest BCUT2D eigenvalue weighted by molar-refractivity contribution is -0.157. The highest BCUT2D eigenvalue weighted by molar-refractivity contribution is 6.04. The molecule has 0 aliphatic carbocycles. The van der Waals surface area contributed by atoms with Crippen molar-refractivity contribution in [2.45, 2.75) is 6.18 Å². The highest BCUT2D eigenvalue weighted by atomic mass is 19.4. The Kier molecular flexibility index (Phi) is 2.61. The van der Waals surface area contributed by atoms with Gasteiger partial charge in [-0.1, -0.05) is 0 Å². The van der Waals surface area contributed by atoms with E-state index in [1.54, 1.807) is 0 Å². The minimum atomic E-state index is -4.62. The van der Waals surface area contributed by atoms with Crippen molar-refractivity contribution in [1.29, 1.82) is 0 Å². The standard InChI is InChI=1S/C7H6F3NO4/c8-7(9,10)2-11-1-3(6(14)15)4(12)5(11)13/h12H,1-2H2,(H,14,15). The number of carboxylic acids is 1. The van der Waals surface area contributed by atoms with Crippen LogP contribution in [0.1, 0.15) is 0 Å². The molecule has 1 rings (SSSR count). The van der Waals surface area contributed by atoms with Gasteiger partial charge in [0.2, 0.25) is 0 Å². The molecular formula is C7H6F3NO4. The number of halogens is 3. The van der Waals surface area contributed by atoms with Crippen molar-refractivity contribution < 1.29 is 33.0 Å². The Morgan fingerprint density at radius 3 is 2.33 bits per heavy atom. The van der Waals surface area contributed by atoms with Crippen LogP contribution in [0.5, 0.6) is 0 Å². The van der Waals surface area contributed by atoms with Crippen molar-refractivity contribution in [1.82, 2.24) is 4.90 Å². The lowest BCUT2D eigenvalue weighted by atomic mass is 10.3. The summed E-state index contributed by atoms with van der Waals surface area (Å²) in [5.41, 5.74) is -0.718. The molecule has 1 aliphatic rings. The van der Waals surface area contributed by atoms with Gasteiger partial charge in [-0.25, -0.2) is 4.79 Å². The normalized spacial score (nSPS) is 17.5. The fraction of sp³-hybridized carbons (Fsp3) is 0.429. The molecule has 84 valence electrons. The smallest absolute Gasteiger partial charge is 0.406 e. The zero-order valence-corrected chi connectivity index (χ0v) is 7.21. The number of aliphatic hydroxyl groups is 1. The second kappa shape index (κ2) is 3.44. The molecule has 1 aliphatic heterocycles. The summed E-state index contributed by atoms with van der Waals surface area (Å²) in [7, 11) is 0. The number of amides is 1. The van der Waals surface area contributed by atoms with Gasteiger partial charge in [0.1, 0.15) is 12.1 Å². The van der Waals surface area contributed by atoms with Crippen LogP contribution in [0.2, 0.25) is 0 Å². The zero-order valence-electron chi connectivity index (χ0n) is 7.21. The molecule has 0 bridgehead atoms. The third-order valence-corrected chi connectivity index (χ3v) is 1.75. The number of rotatable bonds is 2. The molecule has 0 aromatic heterocycles.